The van der Waals surface area contributed by atoms with E-state index < -0.39 is 10.0 Å². The summed E-state index contributed by atoms with van der Waals surface area (Å²) >= 11 is 6.11. The average Bonchev–Trinajstić information content (AvgIpc) is 2.66. The van der Waals surface area contributed by atoms with Crippen LogP contribution in [0.25, 0.3) is 0 Å². The third kappa shape index (κ3) is 4.22. The molecule has 0 bridgehead atoms. The first kappa shape index (κ1) is 20.8. The molecule has 0 unspecified atom stereocenters. The Labute approximate surface area is 171 Å². The largest absolute Gasteiger partial charge is 0.322 e. The zero-order valence-corrected chi connectivity index (χ0v) is 17.8. The highest BCUT2D eigenvalue weighted by atomic mass is 35.5. The lowest BCUT2D eigenvalue weighted by Crippen LogP contribution is -2.47. The van der Waals surface area contributed by atoms with Gasteiger partial charge in [-0.05, 0) is 56.3 Å². The monoisotopic (exact) mass is 421 g/mol. The van der Waals surface area contributed by atoms with Crippen molar-refractivity contribution in [3.8, 4) is 0 Å². The summed E-state index contributed by atoms with van der Waals surface area (Å²) in [6, 6.07) is 10.0. The number of sulfonamides is 1. The first-order chi connectivity index (χ1) is 13.2. The molecule has 0 saturated carbocycles. The summed E-state index contributed by atoms with van der Waals surface area (Å²) in [5.41, 5.74) is 2.27. The molecular weight excluding hydrogens is 398 g/mol. The molecule has 8 heteroatoms. The van der Waals surface area contributed by atoms with Gasteiger partial charge >= 0.3 is 0 Å². The van der Waals surface area contributed by atoms with Crippen LogP contribution < -0.4 is 5.32 Å². The van der Waals surface area contributed by atoms with Crippen LogP contribution in [-0.2, 0) is 10.0 Å². The fourth-order valence-corrected chi connectivity index (χ4v) is 4.97. The standard InChI is InChI=1S/C20H24ClN3O3S/c1-14-7-8-16(20(25)22-18-6-4-5-17(21)15(18)2)13-19(14)28(26,27)24-11-9-23(3)10-12-24/h4-8,13H,9-12H2,1-3H3,(H,22,25). The van der Waals surface area contributed by atoms with E-state index in [1.54, 1.807) is 37.3 Å². The fourth-order valence-electron chi connectivity index (χ4n) is 3.12. The van der Waals surface area contributed by atoms with Crippen molar-refractivity contribution in [2.24, 2.45) is 0 Å². The zero-order valence-electron chi connectivity index (χ0n) is 16.2. The van der Waals surface area contributed by atoms with Crippen LogP contribution in [0.3, 0.4) is 0 Å². The molecule has 0 aliphatic carbocycles. The van der Waals surface area contributed by atoms with Crippen LogP contribution in [0.2, 0.25) is 5.02 Å². The number of rotatable bonds is 4. The number of hydrogen-bond acceptors (Lipinski definition) is 4. The minimum atomic E-state index is -3.65. The van der Waals surface area contributed by atoms with Crippen molar-refractivity contribution < 1.29 is 13.2 Å². The van der Waals surface area contributed by atoms with E-state index >= 15 is 0 Å². The van der Waals surface area contributed by atoms with E-state index in [-0.39, 0.29) is 16.4 Å². The summed E-state index contributed by atoms with van der Waals surface area (Å²) in [7, 11) is -1.68. The van der Waals surface area contributed by atoms with Crippen LogP contribution in [0.4, 0.5) is 5.69 Å². The Bertz CT molecular complexity index is 1000. The Kier molecular flexibility index (Phi) is 6.09. The number of benzene rings is 2. The number of carbonyl (C=O) groups excluding carboxylic acids is 1. The maximum atomic E-state index is 13.1. The van der Waals surface area contributed by atoms with Crippen LogP contribution >= 0.6 is 11.6 Å². The number of amides is 1. The Hall–Kier alpha value is -1.93. The number of likely N-dealkylation sites (N-methyl/N-ethyl adjacent to an activating group) is 1. The van der Waals surface area contributed by atoms with Crippen molar-refractivity contribution in [2.75, 3.05) is 38.5 Å². The minimum absolute atomic E-state index is 0.174. The van der Waals surface area contributed by atoms with Gasteiger partial charge in [0.05, 0.1) is 4.90 Å². The van der Waals surface area contributed by atoms with Gasteiger partial charge in [0.15, 0.2) is 0 Å². The molecule has 2 aromatic carbocycles. The van der Waals surface area contributed by atoms with E-state index in [1.165, 1.54) is 10.4 Å². The van der Waals surface area contributed by atoms with Gasteiger partial charge in [-0.15, -0.1) is 0 Å². The second kappa shape index (κ2) is 8.21. The molecule has 0 atom stereocenters. The van der Waals surface area contributed by atoms with Gasteiger partial charge in [-0.1, -0.05) is 23.7 Å². The van der Waals surface area contributed by atoms with Crippen LogP contribution in [0.5, 0.6) is 0 Å². The van der Waals surface area contributed by atoms with Crippen LogP contribution in [0, 0.1) is 13.8 Å². The molecule has 2 aromatic rings. The molecule has 1 aliphatic rings. The molecule has 0 aromatic heterocycles. The van der Waals surface area contributed by atoms with Crippen molar-refractivity contribution in [3.63, 3.8) is 0 Å². The van der Waals surface area contributed by atoms with E-state index in [1.807, 2.05) is 14.0 Å². The van der Waals surface area contributed by atoms with Crippen molar-refractivity contribution in [2.45, 2.75) is 18.7 Å². The third-order valence-electron chi connectivity index (χ3n) is 5.05. The van der Waals surface area contributed by atoms with E-state index in [0.29, 0.717) is 42.5 Å². The van der Waals surface area contributed by atoms with E-state index in [9.17, 15) is 13.2 Å². The summed E-state index contributed by atoms with van der Waals surface area (Å²) in [5, 5.41) is 3.37. The highest BCUT2D eigenvalue weighted by Gasteiger charge is 2.29. The normalized spacial score (nSPS) is 16.1. The number of carbonyl (C=O) groups is 1. The van der Waals surface area contributed by atoms with Crippen LogP contribution in [0.15, 0.2) is 41.3 Å². The molecule has 1 aliphatic heterocycles. The molecule has 0 spiro atoms. The molecule has 1 heterocycles. The highest BCUT2D eigenvalue weighted by molar-refractivity contribution is 7.89. The van der Waals surface area contributed by atoms with Gasteiger partial charge in [-0.3, -0.25) is 4.79 Å². The molecule has 3 rings (SSSR count). The van der Waals surface area contributed by atoms with Crippen LogP contribution in [-0.4, -0.2) is 56.8 Å². The number of aryl methyl sites for hydroxylation is 1. The van der Waals surface area contributed by atoms with Gasteiger partial charge < -0.3 is 10.2 Å². The van der Waals surface area contributed by atoms with Crippen molar-refractivity contribution in [1.29, 1.82) is 0 Å². The second-order valence-corrected chi connectivity index (χ2v) is 9.37. The van der Waals surface area contributed by atoms with Gasteiger partial charge in [-0.2, -0.15) is 4.31 Å². The summed E-state index contributed by atoms with van der Waals surface area (Å²) < 4.78 is 27.7. The first-order valence-electron chi connectivity index (χ1n) is 9.06. The molecule has 1 amide bonds. The number of nitrogens with one attached hydrogen (secondary N) is 1. The third-order valence-corrected chi connectivity index (χ3v) is 7.50. The smallest absolute Gasteiger partial charge is 0.255 e. The van der Waals surface area contributed by atoms with Crippen molar-refractivity contribution >= 4 is 33.2 Å². The fraction of sp³-hybridized carbons (Fsp3) is 0.350. The molecular formula is C20H24ClN3O3S. The predicted molar refractivity (Wildman–Crippen MR) is 112 cm³/mol. The first-order valence-corrected chi connectivity index (χ1v) is 10.9. The second-order valence-electron chi connectivity index (χ2n) is 7.05. The molecule has 1 fully saturated rings. The van der Waals surface area contributed by atoms with E-state index in [2.05, 4.69) is 10.2 Å². The summed E-state index contributed by atoms with van der Waals surface area (Å²) in [6.45, 7) is 5.81. The molecule has 6 nitrogen and oxygen atoms in total. The molecule has 0 radical (unpaired) electrons. The Morgan fingerprint density at radius 3 is 2.43 bits per heavy atom. The highest BCUT2D eigenvalue weighted by Crippen LogP contribution is 2.25. The van der Waals surface area contributed by atoms with Gasteiger partial charge in [0.1, 0.15) is 0 Å². The Balaban J connectivity index is 1.88. The van der Waals surface area contributed by atoms with Crippen LogP contribution in [0.1, 0.15) is 21.5 Å². The lowest BCUT2D eigenvalue weighted by Gasteiger charge is -2.32. The van der Waals surface area contributed by atoms with E-state index in [4.69, 9.17) is 11.6 Å². The van der Waals surface area contributed by atoms with Gasteiger partial charge in [0, 0.05) is 42.5 Å². The number of nitrogens with zero attached hydrogens (tertiary/aromatic N) is 2. The van der Waals surface area contributed by atoms with Gasteiger partial charge in [0.2, 0.25) is 10.0 Å². The maximum absolute atomic E-state index is 13.1. The molecule has 1 N–H and O–H groups in total. The molecule has 28 heavy (non-hydrogen) atoms. The quantitative estimate of drug-likeness (QED) is 0.823. The number of anilines is 1. The van der Waals surface area contributed by atoms with Gasteiger partial charge in [-0.25, -0.2) is 8.42 Å². The summed E-state index contributed by atoms with van der Waals surface area (Å²) in [4.78, 5) is 15.0. The van der Waals surface area contributed by atoms with Gasteiger partial charge in [0.25, 0.3) is 5.91 Å². The molecule has 1 saturated heterocycles. The zero-order chi connectivity index (χ0) is 20.5. The Morgan fingerprint density at radius 2 is 1.75 bits per heavy atom. The minimum Gasteiger partial charge on any atom is -0.322 e. The lowest BCUT2D eigenvalue weighted by molar-refractivity contribution is 0.102. The van der Waals surface area contributed by atoms with E-state index in [0.717, 1.165) is 5.56 Å². The average molecular weight is 422 g/mol. The van der Waals surface area contributed by atoms with Crippen molar-refractivity contribution in [3.05, 3.63) is 58.1 Å². The number of hydrogen-bond donors (Lipinski definition) is 1. The summed E-state index contributed by atoms with van der Waals surface area (Å²) in [5.74, 6) is -0.375. The maximum Gasteiger partial charge on any atom is 0.255 e. The lowest BCUT2D eigenvalue weighted by atomic mass is 10.1. The number of halogens is 1. The topological polar surface area (TPSA) is 69.7 Å². The molecule has 150 valence electrons. The SMILES string of the molecule is Cc1ccc(C(=O)Nc2cccc(Cl)c2C)cc1S(=O)(=O)N1CCN(C)CC1. The summed E-state index contributed by atoms with van der Waals surface area (Å²) in [6.07, 6.45) is 0. The van der Waals surface area contributed by atoms with Crippen molar-refractivity contribution in [1.82, 2.24) is 9.21 Å². The Morgan fingerprint density at radius 1 is 1.07 bits per heavy atom. The number of piperazine rings is 1. The predicted octanol–water partition coefficient (Wildman–Crippen LogP) is 3.15.